The molecule has 78 valence electrons. The van der Waals surface area contributed by atoms with Crippen molar-refractivity contribution in [1.82, 2.24) is 5.32 Å². The summed E-state index contributed by atoms with van der Waals surface area (Å²) in [5, 5.41) is 12.4. The lowest BCUT2D eigenvalue weighted by Gasteiger charge is -2.18. The topological polar surface area (TPSA) is 32.3 Å². The normalized spacial score (nSPS) is 19.2. The minimum atomic E-state index is -2.23. The van der Waals surface area contributed by atoms with E-state index in [4.69, 9.17) is 4.11 Å². The number of benzene rings is 1. The highest BCUT2D eigenvalue weighted by Crippen LogP contribution is 2.17. The van der Waals surface area contributed by atoms with Crippen molar-refractivity contribution in [2.45, 2.75) is 32.4 Å². The van der Waals surface area contributed by atoms with Crippen LogP contribution in [0.5, 0.6) is 0 Å². The van der Waals surface area contributed by atoms with Gasteiger partial charge in [0.15, 0.2) is 0 Å². The Morgan fingerprint density at radius 3 is 2.57 bits per heavy atom. The molecule has 1 rings (SSSR count). The van der Waals surface area contributed by atoms with Crippen LogP contribution >= 0.6 is 0 Å². The van der Waals surface area contributed by atoms with Crippen LogP contribution in [0.1, 0.15) is 35.2 Å². The Bertz CT molecular complexity index is 348. The molecule has 0 heterocycles. The summed E-state index contributed by atoms with van der Waals surface area (Å²) in [6.07, 6.45) is 0.126. The molecule has 0 aliphatic heterocycles. The first-order chi connectivity index (χ1) is 7.83. The van der Waals surface area contributed by atoms with Crippen LogP contribution in [0.2, 0.25) is 0 Å². The van der Waals surface area contributed by atoms with Gasteiger partial charge in [0.1, 0.15) is 0 Å². The van der Waals surface area contributed by atoms with Gasteiger partial charge in [-0.3, -0.25) is 0 Å². The second-order valence-corrected chi connectivity index (χ2v) is 3.47. The van der Waals surface area contributed by atoms with Crippen molar-refractivity contribution in [1.29, 1.82) is 0 Å². The van der Waals surface area contributed by atoms with E-state index in [9.17, 15) is 5.11 Å². The zero-order valence-corrected chi connectivity index (χ0v) is 8.62. The smallest absolute Gasteiger partial charge is 0.0940 e. The third-order valence-electron chi connectivity index (χ3n) is 2.43. The quantitative estimate of drug-likeness (QED) is 0.722. The molecule has 1 aromatic rings. The van der Waals surface area contributed by atoms with Gasteiger partial charge in [0.2, 0.25) is 0 Å². The summed E-state index contributed by atoms with van der Waals surface area (Å²) in [6, 6.07) is 7.04. The second kappa shape index (κ2) is 5.13. The van der Waals surface area contributed by atoms with Crippen LogP contribution in [0, 0.1) is 0 Å². The Hall–Kier alpha value is -0.860. The van der Waals surface area contributed by atoms with E-state index >= 15 is 0 Å². The van der Waals surface area contributed by atoms with Crippen LogP contribution in [0.25, 0.3) is 0 Å². The lowest BCUT2D eigenvalue weighted by atomic mass is 10.0. The van der Waals surface area contributed by atoms with Gasteiger partial charge in [0, 0.05) is 10.2 Å². The maximum Gasteiger partial charge on any atom is 0.0940 e. The highest BCUT2D eigenvalue weighted by atomic mass is 16.3. The Labute approximate surface area is 90.2 Å². The fourth-order valence-electron chi connectivity index (χ4n) is 1.32. The van der Waals surface area contributed by atoms with Gasteiger partial charge < -0.3 is 10.4 Å². The first-order valence-electron chi connectivity index (χ1n) is 6.38. The maximum absolute atomic E-state index is 10.0. The van der Waals surface area contributed by atoms with Crippen LogP contribution in [0.4, 0.5) is 0 Å². The van der Waals surface area contributed by atoms with Crippen molar-refractivity contribution in [3.05, 3.63) is 35.4 Å². The van der Waals surface area contributed by atoms with Gasteiger partial charge in [0.05, 0.1) is 6.10 Å². The third kappa shape index (κ3) is 2.56. The summed E-state index contributed by atoms with van der Waals surface area (Å²) >= 11 is 0. The molecule has 2 nitrogen and oxygen atoms in total. The molecule has 0 amide bonds. The fraction of sp³-hybridized carbons (Fsp3) is 0.500. The van der Waals surface area contributed by atoms with Gasteiger partial charge in [-0.25, -0.2) is 0 Å². The number of aliphatic hydroxyl groups excluding tert-OH is 1. The number of aliphatic hydroxyl groups is 1. The van der Waals surface area contributed by atoms with Crippen molar-refractivity contribution < 1.29 is 9.22 Å². The Balaban J connectivity index is 2.71. The molecule has 2 heteroatoms. The van der Waals surface area contributed by atoms with Crippen LogP contribution in [-0.4, -0.2) is 18.1 Å². The number of nitrogens with one attached hydrogen (secondary N) is 1. The minimum absolute atomic E-state index is 0.519. The van der Waals surface area contributed by atoms with E-state index in [0.717, 1.165) is 12.0 Å². The molecular weight excluding hydrogens is 175 g/mol. The number of likely N-dealkylation sites (N-methyl/N-ethyl adjacent to an activating group) is 1. The van der Waals surface area contributed by atoms with E-state index in [1.54, 1.807) is 6.92 Å². The highest BCUT2D eigenvalue weighted by Gasteiger charge is 2.13. The first-order valence-corrected chi connectivity index (χ1v) is 4.88. The van der Waals surface area contributed by atoms with Gasteiger partial charge in [-0.1, -0.05) is 31.2 Å². The number of aryl methyl sites for hydroxylation is 1. The molecule has 2 N–H and O–H groups in total. The van der Waals surface area contributed by atoms with Gasteiger partial charge in [0.25, 0.3) is 0 Å². The zero-order valence-electron chi connectivity index (χ0n) is 11.6. The van der Waals surface area contributed by atoms with Crippen molar-refractivity contribution >= 4 is 0 Å². The second-order valence-electron chi connectivity index (χ2n) is 3.47. The molecule has 0 aromatic heterocycles. The molecule has 0 saturated heterocycles. The van der Waals surface area contributed by atoms with Gasteiger partial charge >= 0.3 is 0 Å². The van der Waals surface area contributed by atoms with Crippen molar-refractivity contribution in [2.24, 2.45) is 0 Å². The molecule has 2 atom stereocenters. The van der Waals surface area contributed by atoms with E-state index in [1.807, 2.05) is 24.3 Å². The summed E-state index contributed by atoms with van der Waals surface area (Å²) in [6.45, 7) is 1.48. The van der Waals surface area contributed by atoms with E-state index in [2.05, 4.69) is 12.2 Å². The predicted octanol–water partition coefficient (Wildman–Crippen LogP) is 1.89. The van der Waals surface area contributed by atoms with Gasteiger partial charge in [-0.05, 0) is 31.4 Å². The highest BCUT2D eigenvalue weighted by molar-refractivity contribution is 5.24. The minimum Gasteiger partial charge on any atom is -0.387 e. The zero-order chi connectivity index (χ0) is 13.1. The molecule has 0 aliphatic rings. The Morgan fingerprint density at radius 1 is 1.43 bits per heavy atom. The molecule has 0 saturated carbocycles. The van der Waals surface area contributed by atoms with E-state index in [0.29, 0.717) is 0 Å². The molecule has 0 aliphatic carbocycles. The largest absolute Gasteiger partial charge is 0.387 e. The Morgan fingerprint density at radius 2 is 2.07 bits per heavy atom. The lowest BCUT2D eigenvalue weighted by Crippen LogP contribution is -2.28. The van der Waals surface area contributed by atoms with E-state index < -0.39 is 19.1 Å². The van der Waals surface area contributed by atoms with Crippen LogP contribution in [-0.2, 0) is 6.42 Å². The van der Waals surface area contributed by atoms with Crippen molar-refractivity contribution in [3.63, 3.8) is 0 Å². The Kier molecular flexibility index (Phi) is 2.72. The molecule has 0 spiro atoms. The van der Waals surface area contributed by atoms with Crippen molar-refractivity contribution in [2.75, 3.05) is 6.98 Å². The SMILES string of the molecule is [2H][13C]([2H])([2H])NC(C)C(O)c1ccc(CC)cc1. The summed E-state index contributed by atoms with van der Waals surface area (Å²) in [7, 11) is 0. The molecule has 0 bridgehead atoms. The molecule has 2 unspecified atom stereocenters. The van der Waals surface area contributed by atoms with Crippen LogP contribution in [0.3, 0.4) is 0 Å². The molecule has 1 aromatic carbocycles. The average Bonchev–Trinajstić information content (AvgIpc) is 2.26. The standard InChI is InChI=1S/C12H19NO/c1-4-10-5-7-11(8-6-10)12(14)9(2)13-3/h5-9,12-14H,4H2,1-3H3/i3+1D3. The third-order valence-corrected chi connectivity index (χ3v) is 2.43. The summed E-state index contributed by atoms with van der Waals surface area (Å²) < 4.78 is 21.3. The van der Waals surface area contributed by atoms with Gasteiger partial charge in [-0.15, -0.1) is 0 Å². The number of hydrogen-bond donors (Lipinski definition) is 2. The van der Waals surface area contributed by atoms with E-state index in [-0.39, 0.29) is 0 Å². The first kappa shape index (κ1) is 7.43. The molecular formula is C12H19NO. The monoisotopic (exact) mass is 197 g/mol. The molecule has 14 heavy (non-hydrogen) atoms. The number of rotatable bonds is 4. The fourth-order valence-corrected chi connectivity index (χ4v) is 1.32. The maximum atomic E-state index is 10.0. The number of hydrogen-bond acceptors (Lipinski definition) is 2. The van der Waals surface area contributed by atoms with Crippen LogP contribution in [0.15, 0.2) is 24.3 Å². The molecule has 0 fully saturated rings. The summed E-state index contributed by atoms with van der Waals surface area (Å²) in [5.41, 5.74) is 1.92. The lowest BCUT2D eigenvalue weighted by molar-refractivity contribution is 0.140. The summed E-state index contributed by atoms with van der Waals surface area (Å²) in [5.74, 6) is 0. The van der Waals surface area contributed by atoms with Crippen molar-refractivity contribution in [3.8, 4) is 0 Å². The van der Waals surface area contributed by atoms with Crippen LogP contribution < -0.4 is 5.32 Å². The molecule has 0 radical (unpaired) electrons. The predicted molar refractivity (Wildman–Crippen MR) is 59.3 cm³/mol. The van der Waals surface area contributed by atoms with Gasteiger partial charge in [-0.2, -0.15) is 0 Å². The average molecular weight is 197 g/mol. The van der Waals surface area contributed by atoms with E-state index in [1.165, 1.54) is 5.56 Å². The summed E-state index contributed by atoms with van der Waals surface area (Å²) in [4.78, 5) is 0.